The zero-order valence-corrected chi connectivity index (χ0v) is 14.1. The SMILES string of the molecule is CC(Oc1cccc(Cl)c1)C(=O)NCc1nc(-c2ccncc2)no1. The fourth-order valence-corrected chi connectivity index (χ4v) is 2.23. The summed E-state index contributed by atoms with van der Waals surface area (Å²) in [4.78, 5) is 20.3. The molecule has 0 fully saturated rings. The van der Waals surface area contributed by atoms with Gasteiger partial charge in [-0.3, -0.25) is 9.78 Å². The summed E-state index contributed by atoms with van der Waals surface area (Å²) in [5.74, 6) is 0.960. The number of pyridine rings is 1. The largest absolute Gasteiger partial charge is 0.481 e. The van der Waals surface area contributed by atoms with Crippen LogP contribution in [0.1, 0.15) is 12.8 Å². The first-order valence-corrected chi connectivity index (χ1v) is 7.92. The molecule has 8 heteroatoms. The van der Waals surface area contributed by atoms with E-state index in [2.05, 4.69) is 20.4 Å². The van der Waals surface area contributed by atoms with Crippen molar-refractivity contribution in [2.75, 3.05) is 0 Å². The van der Waals surface area contributed by atoms with E-state index in [1.165, 1.54) is 0 Å². The Kier molecular flexibility index (Phi) is 5.25. The lowest BCUT2D eigenvalue weighted by molar-refractivity contribution is -0.127. The predicted octanol–water partition coefficient (Wildman–Crippen LogP) is 2.87. The van der Waals surface area contributed by atoms with Gasteiger partial charge in [-0.15, -0.1) is 0 Å². The second-order valence-corrected chi connectivity index (χ2v) is 5.62. The Hall–Kier alpha value is -2.93. The number of rotatable bonds is 6. The van der Waals surface area contributed by atoms with E-state index >= 15 is 0 Å². The Labute approximate surface area is 149 Å². The number of amides is 1. The maximum atomic E-state index is 12.1. The molecule has 0 radical (unpaired) electrons. The van der Waals surface area contributed by atoms with Crippen LogP contribution in [0.15, 0.2) is 53.3 Å². The zero-order valence-electron chi connectivity index (χ0n) is 13.3. The molecular weight excluding hydrogens is 344 g/mol. The third-order valence-corrected chi connectivity index (χ3v) is 3.53. The van der Waals surface area contributed by atoms with Gasteiger partial charge in [-0.2, -0.15) is 4.98 Å². The molecule has 1 aromatic carbocycles. The molecular formula is C17H15ClN4O3. The molecule has 1 unspecified atom stereocenters. The van der Waals surface area contributed by atoms with Crippen LogP contribution >= 0.6 is 11.6 Å². The molecule has 0 saturated carbocycles. The molecule has 2 heterocycles. The van der Waals surface area contributed by atoms with Gasteiger partial charge in [-0.25, -0.2) is 0 Å². The molecule has 3 aromatic rings. The monoisotopic (exact) mass is 358 g/mol. The molecule has 3 rings (SSSR count). The van der Waals surface area contributed by atoms with Crippen LogP contribution in [-0.4, -0.2) is 27.1 Å². The number of carbonyl (C=O) groups excluding carboxylic acids is 1. The number of nitrogens with zero attached hydrogens (tertiary/aromatic N) is 3. The topological polar surface area (TPSA) is 90.1 Å². The van der Waals surface area contributed by atoms with E-state index in [0.29, 0.717) is 22.5 Å². The van der Waals surface area contributed by atoms with Crippen LogP contribution in [-0.2, 0) is 11.3 Å². The molecule has 0 aliphatic heterocycles. The molecule has 25 heavy (non-hydrogen) atoms. The molecule has 0 spiro atoms. The van der Waals surface area contributed by atoms with Crippen LogP contribution in [0.4, 0.5) is 0 Å². The van der Waals surface area contributed by atoms with Crippen molar-refractivity contribution in [3.05, 3.63) is 59.7 Å². The first-order valence-electron chi connectivity index (χ1n) is 7.55. The van der Waals surface area contributed by atoms with E-state index in [1.54, 1.807) is 55.7 Å². The van der Waals surface area contributed by atoms with Gasteiger partial charge in [-0.1, -0.05) is 22.8 Å². The van der Waals surface area contributed by atoms with Gasteiger partial charge in [0.25, 0.3) is 5.91 Å². The molecule has 7 nitrogen and oxygen atoms in total. The Morgan fingerprint density at radius 1 is 1.32 bits per heavy atom. The van der Waals surface area contributed by atoms with Crippen molar-refractivity contribution < 1.29 is 14.1 Å². The number of hydrogen-bond donors (Lipinski definition) is 1. The van der Waals surface area contributed by atoms with Gasteiger partial charge in [0, 0.05) is 23.0 Å². The quantitative estimate of drug-likeness (QED) is 0.728. The van der Waals surface area contributed by atoms with E-state index in [9.17, 15) is 4.79 Å². The number of carbonyl (C=O) groups is 1. The highest BCUT2D eigenvalue weighted by atomic mass is 35.5. The van der Waals surface area contributed by atoms with Crippen molar-refractivity contribution in [2.45, 2.75) is 19.6 Å². The molecule has 0 aliphatic carbocycles. The Bertz CT molecular complexity index is 854. The maximum absolute atomic E-state index is 12.1. The standard InChI is InChI=1S/C17H15ClN4O3/c1-11(24-14-4-2-3-13(18)9-14)17(23)20-10-15-21-16(22-25-15)12-5-7-19-8-6-12/h2-9,11H,10H2,1H3,(H,20,23). The minimum atomic E-state index is -0.693. The lowest BCUT2D eigenvalue weighted by Gasteiger charge is -2.14. The van der Waals surface area contributed by atoms with Crippen molar-refractivity contribution in [3.8, 4) is 17.1 Å². The Morgan fingerprint density at radius 2 is 2.12 bits per heavy atom. The summed E-state index contributed by atoms with van der Waals surface area (Å²) in [5.41, 5.74) is 0.786. The van der Waals surface area contributed by atoms with Gasteiger partial charge < -0.3 is 14.6 Å². The lowest BCUT2D eigenvalue weighted by atomic mass is 10.2. The first kappa shape index (κ1) is 16.9. The summed E-state index contributed by atoms with van der Waals surface area (Å²) in [6.45, 7) is 1.76. The summed E-state index contributed by atoms with van der Waals surface area (Å²) < 4.78 is 10.7. The molecule has 2 aromatic heterocycles. The average Bonchev–Trinajstić information content (AvgIpc) is 3.09. The van der Waals surface area contributed by atoms with Crippen molar-refractivity contribution in [1.29, 1.82) is 0 Å². The van der Waals surface area contributed by atoms with Crippen LogP contribution in [0.2, 0.25) is 5.02 Å². The second kappa shape index (κ2) is 7.76. The highest BCUT2D eigenvalue weighted by molar-refractivity contribution is 6.30. The summed E-state index contributed by atoms with van der Waals surface area (Å²) in [7, 11) is 0. The Morgan fingerprint density at radius 3 is 2.88 bits per heavy atom. The summed E-state index contributed by atoms with van der Waals surface area (Å²) in [6, 6.07) is 10.4. The average molecular weight is 359 g/mol. The Balaban J connectivity index is 1.54. The third kappa shape index (κ3) is 4.54. The zero-order chi connectivity index (χ0) is 17.6. The number of benzene rings is 1. The second-order valence-electron chi connectivity index (χ2n) is 5.18. The molecule has 0 bridgehead atoms. The van der Waals surface area contributed by atoms with Crippen LogP contribution in [0.5, 0.6) is 5.75 Å². The van der Waals surface area contributed by atoms with E-state index in [0.717, 1.165) is 5.56 Å². The van der Waals surface area contributed by atoms with E-state index in [4.69, 9.17) is 20.9 Å². The third-order valence-electron chi connectivity index (χ3n) is 3.30. The maximum Gasteiger partial charge on any atom is 0.261 e. The predicted molar refractivity (Wildman–Crippen MR) is 90.9 cm³/mol. The normalized spacial score (nSPS) is 11.8. The van der Waals surface area contributed by atoms with E-state index in [-0.39, 0.29) is 12.5 Å². The van der Waals surface area contributed by atoms with Crippen LogP contribution in [0, 0.1) is 0 Å². The molecule has 1 atom stereocenters. The fraction of sp³-hybridized carbons (Fsp3) is 0.176. The molecule has 0 aliphatic rings. The van der Waals surface area contributed by atoms with Gasteiger partial charge in [0.05, 0.1) is 6.54 Å². The van der Waals surface area contributed by atoms with Gasteiger partial charge >= 0.3 is 0 Å². The van der Waals surface area contributed by atoms with E-state index in [1.807, 2.05) is 0 Å². The molecule has 1 amide bonds. The van der Waals surface area contributed by atoms with Crippen LogP contribution in [0.3, 0.4) is 0 Å². The highest BCUT2D eigenvalue weighted by Crippen LogP contribution is 2.18. The minimum absolute atomic E-state index is 0.111. The van der Waals surface area contributed by atoms with Crippen LogP contribution < -0.4 is 10.1 Å². The van der Waals surface area contributed by atoms with Crippen molar-refractivity contribution in [1.82, 2.24) is 20.4 Å². The number of halogens is 1. The summed E-state index contributed by atoms with van der Waals surface area (Å²) in [6.07, 6.45) is 2.59. The van der Waals surface area contributed by atoms with Gasteiger partial charge in [0.1, 0.15) is 5.75 Å². The fourth-order valence-electron chi connectivity index (χ4n) is 2.05. The summed E-state index contributed by atoms with van der Waals surface area (Å²) in [5, 5.41) is 7.11. The van der Waals surface area contributed by atoms with Crippen LogP contribution in [0.25, 0.3) is 11.4 Å². The van der Waals surface area contributed by atoms with E-state index < -0.39 is 6.10 Å². The number of nitrogens with one attached hydrogen (secondary N) is 1. The molecule has 0 saturated heterocycles. The first-order chi connectivity index (χ1) is 12.1. The summed E-state index contributed by atoms with van der Waals surface area (Å²) >= 11 is 5.89. The smallest absolute Gasteiger partial charge is 0.261 e. The van der Waals surface area contributed by atoms with Crippen molar-refractivity contribution in [2.24, 2.45) is 0 Å². The molecule has 1 N–H and O–H groups in total. The lowest BCUT2D eigenvalue weighted by Crippen LogP contribution is -2.35. The minimum Gasteiger partial charge on any atom is -0.481 e. The van der Waals surface area contributed by atoms with Crippen molar-refractivity contribution >= 4 is 17.5 Å². The number of ether oxygens (including phenoxy) is 1. The highest BCUT2D eigenvalue weighted by Gasteiger charge is 2.16. The van der Waals surface area contributed by atoms with Gasteiger partial charge in [0.2, 0.25) is 11.7 Å². The number of aromatic nitrogens is 3. The molecule has 128 valence electrons. The van der Waals surface area contributed by atoms with Gasteiger partial charge in [0.15, 0.2) is 6.10 Å². The van der Waals surface area contributed by atoms with Crippen molar-refractivity contribution in [3.63, 3.8) is 0 Å². The number of hydrogen-bond acceptors (Lipinski definition) is 6. The van der Waals surface area contributed by atoms with Gasteiger partial charge in [-0.05, 0) is 37.3 Å².